The van der Waals surface area contributed by atoms with E-state index in [-0.39, 0.29) is 34.7 Å². The van der Waals surface area contributed by atoms with Gasteiger partial charge in [0.25, 0.3) is 5.91 Å². The molecule has 188 valence electrons. The summed E-state index contributed by atoms with van der Waals surface area (Å²) in [7, 11) is -4.39. The van der Waals surface area contributed by atoms with Crippen LogP contribution in [-0.4, -0.2) is 57.4 Å². The lowest BCUT2D eigenvalue weighted by molar-refractivity contribution is -0.135. The predicted molar refractivity (Wildman–Crippen MR) is 141 cm³/mol. The van der Waals surface area contributed by atoms with Crippen LogP contribution in [0, 0.1) is 0 Å². The maximum absolute atomic E-state index is 13.9. The molecule has 0 spiro atoms. The number of hydrogen-bond acceptors (Lipinski definition) is 4. The molecule has 0 bridgehead atoms. The van der Waals surface area contributed by atoms with Gasteiger partial charge in [-0.2, -0.15) is 0 Å². The molecule has 2 rings (SSSR count). The van der Waals surface area contributed by atoms with E-state index in [2.05, 4.69) is 79.9 Å². The highest BCUT2D eigenvalue weighted by Gasteiger charge is 2.55. The molecule has 1 aliphatic rings. The van der Waals surface area contributed by atoms with E-state index in [1.165, 1.54) is 0 Å². The third-order valence-electron chi connectivity index (χ3n) is 7.92. The van der Waals surface area contributed by atoms with E-state index < -0.39 is 22.7 Å². The number of carbonyl (C=O) groups is 1. The molecule has 3 atom stereocenters. The van der Waals surface area contributed by atoms with Crippen LogP contribution in [0.25, 0.3) is 0 Å². The maximum Gasteiger partial charge on any atom is 0.253 e. The van der Waals surface area contributed by atoms with Crippen molar-refractivity contribution in [3.63, 3.8) is 0 Å². The van der Waals surface area contributed by atoms with Crippen molar-refractivity contribution in [1.29, 1.82) is 0 Å². The van der Waals surface area contributed by atoms with Gasteiger partial charge < -0.3 is 18.9 Å². The van der Waals surface area contributed by atoms with Gasteiger partial charge in [-0.1, -0.05) is 71.9 Å². The van der Waals surface area contributed by atoms with Gasteiger partial charge in [-0.25, -0.2) is 0 Å². The van der Waals surface area contributed by atoms with Crippen LogP contribution in [0.5, 0.6) is 0 Å². The Hall–Kier alpha value is -0.996. The van der Waals surface area contributed by atoms with Gasteiger partial charge in [0, 0.05) is 13.2 Å². The van der Waals surface area contributed by atoms with Crippen LogP contribution in [0.2, 0.25) is 36.3 Å². The molecular formula is C26H47NO4Si2. The van der Waals surface area contributed by atoms with E-state index in [1.54, 1.807) is 0 Å². The third kappa shape index (κ3) is 6.57. The SMILES string of the molecule is CC(C)(C)[Si](C)(C)OC1C(=O)N(Cc2ccccc2)C(CCCO)C1O[Si](C)(C)C(C)(C)C. The summed E-state index contributed by atoms with van der Waals surface area (Å²) in [5.74, 6) is 0.0235. The van der Waals surface area contributed by atoms with Crippen LogP contribution < -0.4 is 0 Å². The minimum atomic E-state index is -2.22. The molecule has 0 aromatic heterocycles. The molecule has 1 aromatic carbocycles. The molecule has 1 heterocycles. The molecule has 5 nitrogen and oxygen atoms in total. The van der Waals surface area contributed by atoms with Crippen LogP contribution in [0.3, 0.4) is 0 Å². The van der Waals surface area contributed by atoms with E-state index in [9.17, 15) is 9.90 Å². The number of likely N-dealkylation sites (tertiary alicyclic amines) is 1. The van der Waals surface area contributed by atoms with Crippen LogP contribution in [-0.2, 0) is 20.2 Å². The standard InChI is InChI=1S/C26H47NO4Si2/c1-25(2,3)32(7,8)30-22-21(17-14-18-28)27(19-20-15-12-11-13-16-20)24(29)23(22)31-33(9,10)26(4,5)6/h11-13,15-16,21-23,28H,14,17-19H2,1-10H3. The van der Waals surface area contributed by atoms with Crippen LogP contribution in [0.4, 0.5) is 0 Å². The number of aliphatic hydroxyl groups is 1. The summed E-state index contributed by atoms with van der Waals surface area (Å²) < 4.78 is 13.8. The van der Waals surface area contributed by atoms with Gasteiger partial charge in [0.1, 0.15) is 0 Å². The van der Waals surface area contributed by atoms with Gasteiger partial charge in [-0.3, -0.25) is 4.79 Å². The Morgan fingerprint density at radius 3 is 1.91 bits per heavy atom. The summed E-state index contributed by atoms with van der Waals surface area (Å²) in [6.07, 6.45) is 0.397. The van der Waals surface area contributed by atoms with Gasteiger partial charge in [0.2, 0.25) is 0 Å². The van der Waals surface area contributed by atoms with Crippen LogP contribution in [0.1, 0.15) is 59.9 Å². The first-order valence-corrected chi connectivity index (χ1v) is 18.1. The normalized spacial score (nSPS) is 22.8. The van der Waals surface area contributed by atoms with E-state index in [4.69, 9.17) is 8.85 Å². The summed E-state index contributed by atoms with van der Waals surface area (Å²) in [6, 6.07) is 10.0. The number of hydrogen-bond donors (Lipinski definition) is 1. The van der Waals surface area contributed by atoms with Crippen molar-refractivity contribution in [2.45, 2.75) is 115 Å². The Balaban J connectivity index is 2.50. The second-order valence-electron chi connectivity index (χ2n) is 12.5. The lowest BCUT2D eigenvalue weighted by Gasteiger charge is -2.43. The molecule has 1 saturated heterocycles. The topological polar surface area (TPSA) is 59.0 Å². The molecular weight excluding hydrogens is 446 g/mol. The molecule has 1 aromatic rings. The fourth-order valence-corrected chi connectivity index (χ4v) is 6.25. The van der Waals surface area contributed by atoms with Crippen LogP contribution >= 0.6 is 0 Å². The molecule has 0 saturated carbocycles. The Morgan fingerprint density at radius 2 is 1.42 bits per heavy atom. The monoisotopic (exact) mass is 493 g/mol. The second-order valence-corrected chi connectivity index (χ2v) is 22.0. The molecule has 0 radical (unpaired) electrons. The van der Waals surface area contributed by atoms with E-state index in [0.29, 0.717) is 19.4 Å². The molecule has 1 fully saturated rings. The number of carbonyl (C=O) groups excluding carboxylic acids is 1. The summed E-state index contributed by atoms with van der Waals surface area (Å²) in [5, 5.41) is 9.62. The van der Waals surface area contributed by atoms with Gasteiger partial charge in [-0.15, -0.1) is 0 Å². The zero-order chi connectivity index (χ0) is 25.2. The quantitative estimate of drug-likeness (QED) is 0.432. The largest absolute Gasteiger partial charge is 0.409 e. The Labute approximate surface area is 204 Å². The molecule has 3 unspecified atom stereocenters. The van der Waals surface area contributed by atoms with Gasteiger partial charge in [-0.05, 0) is 54.7 Å². The van der Waals surface area contributed by atoms with Crippen molar-refractivity contribution in [2.75, 3.05) is 6.61 Å². The number of amides is 1. The minimum Gasteiger partial charge on any atom is -0.409 e. The average molecular weight is 494 g/mol. The van der Waals surface area contributed by atoms with Crippen molar-refractivity contribution in [1.82, 2.24) is 4.90 Å². The number of nitrogens with zero attached hydrogens (tertiary/aromatic N) is 1. The van der Waals surface area contributed by atoms with E-state index in [1.807, 2.05) is 23.1 Å². The lowest BCUT2D eigenvalue weighted by atomic mass is 10.0. The molecule has 7 heteroatoms. The number of benzene rings is 1. The van der Waals surface area contributed by atoms with Crippen molar-refractivity contribution in [2.24, 2.45) is 0 Å². The van der Waals surface area contributed by atoms with Crippen molar-refractivity contribution in [3.8, 4) is 0 Å². The summed E-state index contributed by atoms with van der Waals surface area (Å²) in [4.78, 5) is 15.9. The molecule has 0 aliphatic carbocycles. The summed E-state index contributed by atoms with van der Waals surface area (Å²) in [6.45, 7) is 22.8. The van der Waals surface area contributed by atoms with Crippen molar-refractivity contribution >= 4 is 22.5 Å². The zero-order valence-electron chi connectivity index (χ0n) is 22.6. The lowest BCUT2D eigenvalue weighted by Crippen LogP contribution is -2.53. The highest BCUT2D eigenvalue weighted by atomic mass is 28.4. The fourth-order valence-electron chi connectivity index (χ4n) is 3.71. The average Bonchev–Trinajstić information content (AvgIpc) is 2.90. The van der Waals surface area contributed by atoms with Crippen molar-refractivity contribution < 1.29 is 18.8 Å². The number of aliphatic hydroxyl groups excluding tert-OH is 1. The first-order chi connectivity index (χ1) is 15.0. The third-order valence-corrected chi connectivity index (χ3v) is 16.9. The molecule has 1 aliphatic heterocycles. The van der Waals surface area contributed by atoms with Gasteiger partial charge in [0.05, 0.1) is 12.1 Å². The zero-order valence-corrected chi connectivity index (χ0v) is 24.6. The smallest absolute Gasteiger partial charge is 0.253 e. The van der Waals surface area contributed by atoms with Crippen LogP contribution in [0.15, 0.2) is 30.3 Å². The summed E-state index contributed by atoms with van der Waals surface area (Å²) in [5.41, 5.74) is 1.10. The highest BCUT2D eigenvalue weighted by Crippen LogP contribution is 2.44. The Kier molecular flexibility index (Phi) is 8.83. The van der Waals surface area contributed by atoms with Gasteiger partial charge in [0.15, 0.2) is 22.7 Å². The van der Waals surface area contributed by atoms with E-state index >= 15 is 0 Å². The minimum absolute atomic E-state index is 0.0117. The first-order valence-electron chi connectivity index (χ1n) is 12.3. The Bertz CT molecular complexity index is 784. The summed E-state index contributed by atoms with van der Waals surface area (Å²) >= 11 is 0. The molecule has 33 heavy (non-hydrogen) atoms. The second kappa shape index (κ2) is 10.3. The Morgan fingerprint density at radius 1 is 0.909 bits per heavy atom. The first kappa shape index (κ1) is 28.2. The van der Waals surface area contributed by atoms with Crippen molar-refractivity contribution in [3.05, 3.63) is 35.9 Å². The molecule has 1 amide bonds. The van der Waals surface area contributed by atoms with Gasteiger partial charge >= 0.3 is 0 Å². The maximum atomic E-state index is 13.9. The van der Waals surface area contributed by atoms with E-state index in [0.717, 1.165) is 5.56 Å². The fraction of sp³-hybridized carbons (Fsp3) is 0.731. The number of rotatable bonds is 9. The molecule has 1 N–H and O–H groups in total. The predicted octanol–water partition coefficient (Wildman–Crippen LogP) is 5.95. The highest BCUT2D eigenvalue weighted by molar-refractivity contribution is 6.74.